The zero-order valence-electron chi connectivity index (χ0n) is 12.7. The molecule has 0 aliphatic carbocycles. The van der Waals surface area contributed by atoms with E-state index in [0.717, 1.165) is 16.7 Å². The molecule has 0 spiro atoms. The van der Waals surface area contributed by atoms with Gasteiger partial charge in [0.15, 0.2) is 10.8 Å². The third-order valence-electron chi connectivity index (χ3n) is 3.28. The van der Waals surface area contributed by atoms with Gasteiger partial charge in [0.05, 0.1) is 18.1 Å². The van der Waals surface area contributed by atoms with Crippen LogP contribution in [-0.4, -0.2) is 19.9 Å². The van der Waals surface area contributed by atoms with Crippen LogP contribution in [-0.2, 0) is 0 Å². The van der Waals surface area contributed by atoms with Gasteiger partial charge in [0.1, 0.15) is 5.82 Å². The Kier molecular flexibility index (Phi) is 4.20. The van der Waals surface area contributed by atoms with Crippen molar-refractivity contribution in [1.29, 1.82) is 0 Å². The molecule has 2 aromatic heterocycles. The van der Waals surface area contributed by atoms with Crippen LogP contribution in [0.25, 0.3) is 11.0 Å². The standard InChI is InChI=1S/C16H16FN5S/c1-10(2)22-15-11(8-19-22)7-14(9-18-15)21-16(23)20-13-5-3-12(17)4-6-13/h3-10H,1-2H3,(H2,20,21,23). The number of fused-ring (bicyclic) bond motifs is 1. The first-order chi connectivity index (χ1) is 11.0. The van der Waals surface area contributed by atoms with Crippen molar-refractivity contribution in [3.8, 4) is 0 Å². The summed E-state index contributed by atoms with van der Waals surface area (Å²) in [5, 5.41) is 11.7. The van der Waals surface area contributed by atoms with Crippen molar-refractivity contribution in [2.45, 2.75) is 19.9 Å². The predicted octanol–water partition coefficient (Wildman–Crippen LogP) is 3.96. The van der Waals surface area contributed by atoms with Crippen molar-refractivity contribution in [2.75, 3.05) is 10.6 Å². The van der Waals surface area contributed by atoms with Crippen molar-refractivity contribution in [2.24, 2.45) is 0 Å². The van der Waals surface area contributed by atoms with Crippen LogP contribution < -0.4 is 10.6 Å². The van der Waals surface area contributed by atoms with Gasteiger partial charge in [-0.2, -0.15) is 5.10 Å². The Morgan fingerprint density at radius 3 is 2.52 bits per heavy atom. The van der Waals surface area contributed by atoms with Crippen LogP contribution in [0.4, 0.5) is 15.8 Å². The van der Waals surface area contributed by atoms with Crippen LogP contribution in [0, 0.1) is 5.82 Å². The largest absolute Gasteiger partial charge is 0.332 e. The molecule has 0 aliphatic heterocycles. The zero-order valence-corrected chi connectivity index (χ0v) is 13.6. The fourth-order valence-corrected chi connectivity index (χ4v) is 2.45. The highest BCUT2D eigenvalue weighted by Crippen LogP contribution is 2.19. The van der Waals surface area contributed by atoms with E-state index in [2.05, 4.69) is 34.6 Å². The molecule has 2 N–H and O–H groups in total. The van der Waals surface area contributed by atoms with Crippen molar-refractivity contribution < 1.29 is 4.39 Å². The summed E-state index contributed by atoms with van der Waals surface area (Å²) in [6.07, 6.45) is 3.49. The Morgan fingerprint density at radius 2 is 1.83 bits per heavy atom. The number of benzene rings is 1. The molecular weight excluding hydrogens is 313 g/mol. The number of hydrogen-bond donors (Lipinski definition) is 2. The van der Waals surface area contributed by atoms with Crippen LogP contribution in [0.5, 0.6) is 0 Å². The average molecular weight is 329 g/mol. The summed E-state index contributed by atoms with van der Waals surface area (Å²) in [6.45, 7) is 4.12. The van der Waals surface area contributed by atoms with Gasteiger partial charge in [-0.1, -0.05) is 0 Å². The zero-order chi connectivity index (χ0) is 16.4. The second-order valence-corrected chi connectivity index (χ2v) is 5.81. The maximum Gasteiger partial charge on any atom is 0.175 e. The summed E-state index contributed by atoms with van der Waals surface area (Å²) in [5.41, 5.74) is 2.31. The predicted molar refractivity (Wildman–Crippen MR) is 94.2 cm³/mol. The first kappa shape index (κ1) is 15.4. The molecule has 1 aromatic carbocycles. The van der Waals surface area contributed by atoms with Gasteiger partial charge in [-0.05, 0) is 56.4 Å². The minimum atomic E-state index is -0.286. The normalized spacial score (nSPS) is 11.0. The molecule has 2 heterocycles. The Labute approximate surface area is 138 Å². The monoisotopic (exact) mass is 329 g/mol. The highest BCUT2D eigenvalue weighted by molar-refractivity contribution is 7.80. The van der Waals surface area contributed by atoms with E-state index in [9.17, 15) is 4.39 Å². The lowest BCUT2D eigenvalue weighted by molar-refractivity contribution is 0.546. The Balaban J connectivity index is 1.73. The molecule has 0 aliphatic rings. The third-order valence-corrected chi connectivity index (χ3v) is 3.49. The van der Waals surface area contributed by atoms with Crippen LogP contribution in [0.2, 0.25) is 0 Å². The van der Waals surface area contributed by atoms with Crippen molar-refractivity contribution >= 4 is 39.7 Å². The topological polar surface area (TPSA) is 54.8 Å². The second kappa shape index (κ2) is 6.29. The summed E-state index contributed by atoms with van der Waals surface area (Å²) >= 11 is 5.26. The minimum absolute atomic E-state index is 0.250. The fourth-order valence-electron chi connectivity index (χ4n) is 2.21. The van der Waals surface area contributed by atoms with Gasteiger partial charge in [0.25, 0.3) is 0 Å². The van der Waals surface area contributed by atoms with Gasteiger partial charge < -0.3 is 10.6 Å². The molecule has 0 unspecified atom stereocenters. The number of aromatic nitrogens is 3. The number of pyridine rings is 1. The molecule has 0 atom stereocenters. The molecule has 23 heavy (non-hydrogen) atoms. The van der Waals surface area contributed by atoms with Crippen LogP contribution in [0.15, 0.2) is 42.7 Å². The summed E-state index contributed by atoms with van der Waals surface area (Å²) in [4.78, 5) is 4.44. The molecule has 0 radical (unpaired) electrons. The van der Waals surface area contributed by atoms with Crippen molar-refractivity contribution in [3.05, 3.63) is 48.5 Å². The first-order valence-electron chi connectivity index (χ1n) is 7.20. The smallest absolute Gasteiger partial charge is 0.175 e. The minimum Gasteiger partial charge on any atom is -0.332 e. The van der Waals surface area contributed by atoms with E-state index in [1.807, 2.05) is 10.7 Å². The number of rotatable bonds is 3. The Morgan fingerprint density at radius 1 is 1.13 bits per heavy atom. The van der Waals surface area contributed by atoms with Crippen molar-refractivity contribution in [1.82, 2.24) is 14.8 Å². The maximum absolute atomic E-state index is 12.9. The van der Waals surface area contributed by atoms with E-state index < -0.39 is 0 Å². The highest BCUT2D eigenvalue weighted by atomic mass is 32.1. The van der Waals surface area contributed by atoms with E-state index in [0.29, 0.717) is 10.8 Å². The molecule has 3 rings (SSSR count). The van der Waals surface area contributed by atoms with Crippen molar-refractivity contribution in [3.63, 3.8) is 0 Å². The van der Waals surface area contributed by atoms with E-state index in [-0.39, 0.29) is 11.9 Å². The van der Waals surface area contributed by atoms with Crippen LogP contribution >= 0.6 is 12.2 Å². The lowest BCUT2D eigenvalue weighted by Crippen LogP contribution is -2.19. The van der Waals surface area contributed by atoms with E-state index in [1.54, 1.807) is 24.5 Å². The summed E-state index contributed by atoms with van der Waals surface area (Å²) in [6, 6.07) is 8.18. The molecule has 0 saturated carbocycles. The van der Waals surface area contributed by atoms with Gasteiger partial charge in [-0.25, -0.2) is 14.1 Å². The Bertz CT molecular complexity index is 841. The van der Waals surface area contributed by atoms with E-state index in [1.165, 1.54) is 12.1 Å². The molecule has 3 aromatic rings. The Hall–Kier alpha value is -2.54. The number of nitrogens with zero attached hydrogens (tertiary/aromatic N) is 3. The summed E-state index contributed by atoms with van der Waals surface area (Å²) in [5.74, 6) is -0.286. The quantitative estimate of drug-likeness (QED) is 0.712. The van der Waals surface area contributed by atoms with Gasteiger partial charge in [0.2, 0.25) is 0 Å². The van der Waals surface area contributed by atoms with E-state index >= 15 is 0 Å². The molecule has 118 valence electrons. The molecule has 7 heteroatoms. The number of hydrogen-bond acceptors (Lipinski definition) is 3. The lowest BCUT2D eigenvalue weighted by atomic mass is 10.3. The van der Waals surface area contributed by atoms with Gasteiger partial charge in [-0.15, -0.1) is 0 Å². The maximum atomic E-state index is 12.9. The van der Waals surface area contributed by atoms with Gasteiger partial charge >= 0.3 is 0 Å². The SMILES string of the molecule is CC(C)n1ncc2cc(NC(=S)Nc3ccc(F)cc3)cnc21. The molecular formula is C16H16FN5S. The highest BCUT2D eigenvalue weighted by Gasteiger charge is 2.08. The lowest BCUT2D eigenvalue weighted by Gasteiger charge is -2.11. The first-order valence-corrected chi connectivity index (χ1v) is 7.60. The van der Waals surface area contributed by atoms with Crippen LogP contribution in [0.3, 0.4) is 0 Å². The number of thiocarbonyl (C=S) groups is 1. The molecule has 0 amide bonds. The second-order valence-electron chi connectivity index (χ2n) is 5.41. The molecule has 0 fully saturated rings. The summed E-state index contributed by atoms with van der Waals surface area (Å²) in [7, 11) is 0. The van der Waals surface area contributed by atoms with Gasteiger partial charge in [0, 0.05) is 17.1 Å². The van der Waals surface area contributed by atoms with Crippen LogP contribution in [0.1, 0.15) is 19.9 Å². The van der Waals surface area contributed by atoms with Gasteiger partial charge in [-0.3, -0.25) is 0 Å². The number of anilines is 2. The summed E-state index contributed by atoms with van der Waals surface area (Å²) < 4.78 is 14.8. The molecule has 0 saturated heterocycles. The number of nitrogens with one attached hydrogen (secondary N) is 2. The molecule has 5 nitrogen and oxygen atoms in total. The fraction of sp³-hybridized carbons (Fsp3) is 0.188. The van der Waals surface area contributed by atoms with E-state index in [4.69, 9.17) is 12.2 Å². The number of halogens is 1. The average Bonchev–Trinajstić information content (AvgIpc) is 2.93. The third kappa shape index (κ3) is 3.45. The molecule has 0 bridgehead atoms.